The van der Waals surface area contributed by atoms with Crippen molar-refractivity contribution in [2.24, 2.45) is 5.41 Å². The van der Waals surface area contributed by atoms with Crippen LogP contribution in [0.15, 0.2) is 35.7 Å². The molecule has 1 saturated heterocycles. The maximum atomic E-state index is 14.9. The zero-order valence-corrected chi connectivity index (χ0v) is 39.5. The van der Waals surface area contributed by atoms with Crippen molar-refractivity contribution in [3.05, 3.63) is 47.1 Å². The number of para-hydroxylation sites is 1. The lowest BCUT2D eigenvalue weighted by atomic mass is 9.87. The van der Waals surface area contributed by atoms with E-state index >= 15 is 0 Å². The Bertz CT molecular complexity index is 2540. The van der Waals surface area contributed by atoms with Crippen molar-refractivity contribution in [2.45, 2.75) is 171 Å². The van der Waals surface area contributed by atoms with Crippen molar-refractivity contribution in [1.82, 2.24) is 35.2 Å². The van der Waals surface area contributed by atoms with Gasteiger partial charge in [-0.3, -0.25) is 19.1 Å². The third kappa shape index (κ3) is 9.76. The number of amides is 4. The quantitative estimate of drug-likeness (QED) is 0.186. The number of nitrogens with one attached hydrogen (secondary N) is 3. The second-order valence-electron chi connectivity index (χ2n) is 20.1. The molecule has 5 aliphatic rings. The Hall–Kier alpha value is -4.85. The molecule has 20 heteroatoms. The molecule has 4 fully saturated rings. The van der Waals surface area contributed by atoms with Gasteiger partial charge in [0.2, 0.25) is 33.4 Å². The number of benzene rings is 1. The first-order valence-corrected chi connectivity index (χ1v) is 25.2. The summed E-state index contributed by atoms with van der Waals surface area (Å²) in [5, 5.41) is 8.00. The highest BCUT2D eigenvalue weighted by Crippen LogP contribution is 2.58. The summed E-state index contributed by atoms with van der Waals surface area (Å²) in [5.41, 5.74) is -3.60. The molecule has 4 heterocycles. The minimum Gasteiger partial charge on any atom is -0.471 e. The molecule has 2 aliphatic heterocycles. The van der Waals surface area contributed by atoms with E-state index in [0.717, 1.165) is 36.3 Å². The van der Waals surface area contributed by atoms with Gasteiger partial charge in [0.05, 0.1) is 22.5 Å². The molecule has 0 radical (unpaired) electrons. The molecular formula is C46H58F3N7O8S2. The van der Waals surface area contributed by atoms with E-state index in [1.54, 1.807) is 45.9 Å². The van der Waals surface area contributed by atoms with Gasteiger partial charge < -0.3 is 25.0 Å². The van der Waals surface area contributed by atoms with Crippen LogP contribution in [0.5, 0.6) is 5.88 Å². The fourth-order valence-corrected chi connectivity index (χ4v) is 11.7. The van der Waals surface area contributed by atoms with Crippen LogP contribution in [0.25, 0.3) is 21.6 Å². The molecule has 3 aliphatic carbocycles. The molecule has 1 aromatic carbocycles. The predicted molar refractivity (Wildman–Crippen MR) is 240 cm³/mol. The van der Waals surface area contributed by atoms with Crippen LogP contribution in [-0.4, -0.2) is 92.7 Å². The molecule has 3 aromatic rings. The topological polar surface area (TPSA) is 199 Å². The summed E-state index contributed by atoms with van der Waals surface area (Å²) in [5.74, 6) is -3.07. The van der Waals surface area contributed by atoms with E-state index in [1.807, 2.05) is 11.5 Å². The number of carbonyl (C=O) groups is 4. The third-order valence-electron chi connectivity index (χ3n) is 13.7. The van der Waals surface area contributed by atoms with Crippen molar-refractivity contribution in [3.8, 4) is 16.5 Å². The highest BCUT2D eigenvalue weighted by molar-refractivity contribution is 7.91. The summed E-state index contributed by atoms with van der Waals surface area (Å²) in [7, 11) is -4.14. The number of alkyl carbamates (subject to hydrolysis) is 1. The molecular weight excluding hydrogens is 900 g/mol. The maximum Gasteiger partial charge on any atom is 0.438 e. The van der Waals surface area contributed by atoms with Gasteiger partial charge >= 0.3 is 12.3 Å². The van der Waals surface area contributed by atoms with Gasteiger partial charge in [-0.2, -0.15) is 13.2 Å². The lowest BCUT2D eigenvalue weighted by molar-refractivity contribution is -0.143. The Morgan fingerprint density at radius 3 is 2.38 bits per heavy atom. The number of hydrogen-bond donors (Lipinski definition) is 3. The van der Waals surface area contributed by atoms with Crippen molar-refractivity contribution in [1.29, 1.82) is 0 Å². The lowest BCUT2D eigenvalue weighted by Crippen LogP contribution is -2.59. The van der Waals surface area contributed by atoms with Crippen molar-refractivity contribution < 1.29 is 50.2 Å². The van der Waals surface area contributed by atoms with E-state index in [0.29, 0.717) is 55.0 Å². The first kappa shape index (κ1) is 47.6. The van der Waals surface area contributed by atoms with Crippen LogP contribution in [0, 0.1) is 5.41 Å². The fourth-order valence-electron chi connectivity index (χ4n) is 9.43. The first-order chi connectivity index (χ1) is 31.0. The molecule has 5 atom stereocenters. The number of halogens is 3. The molecule has 0 bridgehead atoms. The molecule has 0 spiro atoms. The van der Waals surface area contributed by atoms with Crippen molar-refractivity contribution in [2.75, 3.05) is 6.54 Å². The summed E-state index contributed by atoms with van der Waals surface area (Å²) in [6.45, 7) is 7.83. The van der Waals surface area contributed by atoms with Crippen molar-refractivity contribution in [3.63, 3.8) is 0 Å². The number of ether oxygens (including phenoxy) is 2. The summed E-state index contributed by atoms with van der Waals surface area (Å²) >= 11 is 1.37. The minimum atomic E-state index is -5.03. The van der Waals surface area contributed by atoms with E-state index in [1.165, 1.54) is 30.7 Å². The van der Waals surface area contributed by atoms with E-state index < -0.39 is 97.6 Å². The third-order valence-corrected chi connectivity index (χ3v) is 16.8. The van der Waals surface area contributed by atoms with E-state index in [-0.39, 0.29) is 30.3 Å². The summed E-state index contributed by atoms with van der Waals surface area (Å²) < 4.78 is 84.1. The van der Waals surface area contributed by atoms with Gasteiger partial charge in [0.25, 0.3) is 5.91 Å². The smallest absolute Gasteiger partial charge is 0.438 e. The van der Waals surface area contributed by atoms with Gasteiger partial charge in [0, 0.05) is 28.7 Å². The number of aromatic nitrogens is 3. The van der Waals surface area contributed by atoms with Gasteiger partial charge in [0.1, 0.15) is 39.9 Å². The Labute approximate surface area is 386 Å². The number of thiazole rings is 1. The zero-order chi connectivity index (χ0) is 47.5. The van der Waals surface area contributed by atoms with Crippen LogP contribution in [-0.2, 0) is 35.3 Å². The van der Waals surface area contributed by atoms with E-state index in [4.69, 9.17) is 14.5 Å². The first-order valence-electron chi connectivity index (χ1n) is 22.9. The highest BCUT2D eigenvalue weighted by atomic mass is 32.2. The number of allylic oxidation sites excluding steroid dienone is 1. The van der Waals surface area contributed by atoms with Gasteiger partial charge in [-0.05, 0) is 91.2 Å². The SMILES string of the molecule is CC(C)(C)OC(=O)NC1CCCCCC=CC2(C)CC2(C(=O)NS(=O)(=O)C2(C)CC2)NC(=O)C2CC(Oc3nc4c(-c5nc(C6CCCCC6)cs5)cccc4nc3C(F)(F)F)CN2C1=O. The minimum absolute atomic E-state index is 0.0333. The molecule has 8 rings (SSSR count). The van der Waals surface area contributed by atoms with Gasteiger partial charge in [-0.15, -0.1) is 11.3 Å². The summed E-state index contributed by atoms with van der Waals surface area (Å²) in [6, 6.07) is 2.08. The Balaban J connectivity index is 1.15. The van der Waals surface area contributed by atoms with Crippen molar-refractivity contribution >= 4 is 56.2 Å². The standard InChI is InChI=1S/C46H58F3N7O8S2/c1-42(2,3)64-41(60)52-31-18-12-7-6-8-13-20-43(4)26-45(43,40(59)55-66(61,62)44(5)21-22-44)54-36(57)33-23-28(24-56(33)39(31)58)63-37-35(46(47,48)49)50-30-19-14-17-29(34(30)53-37)38-51-32(25-65-38)27-15-10-9-11-16-27/h13-14,17,19-20,25,27-28,31,33H,6-12,15-16,18,21-24,26H2,1-5H3,(H,52,60)(H,54,57)(H,55,59). The average molecular weight is 958 g/mol. The number of carbonyl (C=O) groups excluding carboxylic acids is 4. The zero-order valence-electron chi connectivity index (χ0n) is 37.9. The number of alkyl halides is 3. The predicted octanol–water partition coefficient (Wildman–Crippen LogP) is 7.85. The molecule has 358 valence electrons. The molecule has 2 aromatic heterocycles. The van der Waals surface area contributed by atoms with Crippen LogP contribution in [0.1, 0.15) is 142 Å². The largest absolute Gasteiger partial charge is 0.471 e. The highest BCUT2D eigenvalue weighted by Gasteiger charge is 2.70. The number of nitrogens with zero attached hydrogens (tertiary/aromatic N) is 4. The monoisotopic (exact) mass is 957 g/mol. The van der Waals surface area contributed by atoms with Gasteiger partial charge in [-0.25, -0.2) is 28.2 Å². The lowest BCUT2D eigenvalue weighted by Gasteiger charge is -2.31. The van der Waals surface area contributed by atoms with Crippen LogP contribution >= 0.6 is 11.3 Å². The van der Waals surface area contributed by atoms with Crippen LogP contribution in [0.3, 0.4) is 0 Å². The number of hydrogen-bond acceptors (Lipinski definition) is 12. The van der Waals surface area contributed by atoms with Gasteiger partial charge in [-0.1, -0.05) is 57.2 Å². The Morgan fingerprint density at radius 2 is 1.68 bits per heavy atom. The normalized spacial score (nSPS) is 27.5. The average Bonchev–Trinajstić information content (AvgIpc) is 3.94. The number of sulfonamides is 1. The van der Waals surface area contributed by atoms with Gasteiger partial charge in [0.15, 0.2) is 0 Å². The second kappa shape index (κ2) is 17.7. The Morgan fingerprint density at radius 1 is 0.970 bits per heavy atom. The maximum absolute atomic E-state index is 14.9. The number of fused-ring (bicyclic) bond motifs is 3. The number of rotatable bonds is 8. The summed E-state index contributed by atoms with van der Waals surface area (Å²) in [4.78, 5) is 71.3. The van der Waals surface area contributed by atoms with E-state index in [2.05, 4.69) is 25.3 Å². The molecule has 3 N–H and O–H groups in total. The molecule has 4 amide bonds. The summed E-state index contributed by atoms with van der Waals surface area (Å²) in [6.07, 6.45) is 4.82. The Kier molecular flexibility index (Phi) is 12.7. The molecule has 3 saturated carbocycles. The fraction of sp³-hybridized carbons (Fsp3) is 0.630. The second-order valence-corrected chi connectivity index (χ2v) is 23.1. The van der Waals surface area contributed by atoms with E-state index in [9.17, 15) is 40.8 Å². The van der Waals surface area contributed by atoms with Crippen LogP contribution in [0.4, 0.5) is 18.0 Å². The molecule has 66 heavy (non-hydrogen) atoms. The van der Waals surface area contributed by atoms with Crippen LogP contribution < -0.4 is 20.1 Å². The van der Waals surface area contributed by atoms with Crippen LogP contribution in [0.2, 0.25) is 0 Å². The molecule has 5 unspecified atom stereocenters. The molecule has 15 nitrogen and oxygen atoms in total.